The average molecular weight is 380 g/mol. The van der Waals surface area contributed by atoms with Gasteiger partial charge in [-0.3, -0.25) is 9.69 Å². The van der Waals surface area contributed by atoms with Crippen LogP contribution in [0.1, 0.15) is 64.2 Å². The van der Waals surface area contributed by atoms with Crippen molar-refractivity contribution in [2.24, 2.45) is 11.1 Å². The minimum atomic E-state index is 0. The molecule has 6 heteroatoms. The lowest BCUT2D eigenvalue weighted by molar-refractivity contribution is -0.136. The Morgan fingerprint density at radius 3 is 2.04 bits per heavy atom. The van der Waals surface area contributed by atoms with Crippen LogP contribution < -0.4 is 5.73 Å². The van der Waals surface area contributed by atoms with Crippen LogP contribution in [0.2, 0.25) is 0 Å². The van der Waals surface area contributed by atoms with Gasteiger partial charge in [-0.2, -0.15) is 0 Å². The largest absolute Gasteiger partial charge is 0.340 e. The molecule has 0 aromatic carbocycles. The number of halogens is 2. The molecule has 0 aromatic rings. The van der Waals surface area contributed by atoms with Gasteiger partial charge in [0.15, 0.2) is 0 Å². The molecule has 0 unspecified atom stereocenters. The summed E-state index contributed by atoms with van der Waals surface area (Å²) in [5.41, 5.74) is 6.15. The molecule has 3 rings (SSSR count). The van der Waals surface area contributed by atoms with Crippen molar-refractivity contribution in [2.45, 2.75) is 70.3 Å². The lowest BCUT2D eigenvalue weighted by Gasteiger charge is -2.41. The Hall–Kier alpha value is -0.0300. The van der Waals surface area contributed by atoms with Crippen LogP contribution in [-0.4, -0.2) is 54.5 Å². The number of carbonyl (C=O) groups excluding carboxylic acids is 1. The molecule has 3 fully saturated rings. The Kier molecular flexibility index (Phi) is 9.35. The lowest BCUT2D eigenvalue weighted by Crippen LogP contribution is -2.52. The van der Waals surface area contributed by atoms with Crippen molar-refractivity contribution >= 4 is 30.7 Å². The summed E-state index contributed by atoms with van der Waals surface area (Å²) in [5.74, 6) is 0.360. The van der Waals surface area contributed by atoms with Crippen LogP contribution in [0.3, 0.4) is 0 Å². The fraction of sp³-hybridized carbons (Fsp3) is 0.944. The Morgan fingerprint density at radius 1 is 0.917 bits per heavy atom. The summed E-state index contributed by atoms with van der Waals surface area (Å²) in [7, 11) is 0. The third-order valence-corrected chi connectivity index (χ3v) is 6.38. The van der Waals surface area contributed by atoms with Crippen molar-refractivity contribution in [1.29, 1.82) is 0 Å². The molecule has 1 heterocycles. The SMILES string of the molecule is Cl.Cl.NCC1(CC(=O)N2CCN(C3CCCC3)CC2)CCCCC1. The summed E-state index contributed by atoms with van der Waals surface area (Å²) >= 11 is 0. The second kappa shape index (κ2) is 10.2. The summed E-state index contributed by atoms with van der Waals surface area (Å²) in [6, 6.07) is 0.797. The van der Waals surface area contributed by atoms with Gasteiger partial charge in [0.25, 0.3) is 0 Å². The van der Waals surface area contributed by atoms with E-state index in [1.807, 2.05) is 0 Å². The zero-order chi connectivity index (χ0) is 15.4. The normalized spacial score (nSPS) is 25.0. The minimum Gasteiger partial charge on any atom is -0.340 e. The Morgan fingerprint density at radius 2 is 1.50 bits per heavy atom. The highest BCUT2D eigenvalue weighted by molar-refractivity contribution is 5.85. The van der Waals surface area contributed by atoms with Gasteiger partial charge in [0.2, 0.25) is 5.91 Å². The van der Waals surface area contributed by atoms with Gasteiger partial charge in [-0.05, 0) is 37.6 Å². The molecule has 2 aliphatic carbocycles. The zero-order valence-corrected chi connectivity index (χ0v) is 16.5. The number of hydrogen-bond donors (Lipinski definition) is 1. The van der Waals surface area contributed by atoms with E-state index in [9.17, 15) is 4.79 Å². The Bertz CT molecular complexity index is 374. The number of piperazine rings is 1. The molecule has 0 radical (unpaired) electrons. The lowest BCUT2D eigenvalue weighted by atomic mass is 9.71. The molecule has 0 spiro atoms. The van der Waals surface area contributed by atoms with E-state index in [1.54, 1.807) is 0 Å². The van der Waals surface area contributed by atoms with Gasteiger partial charge in [-0.15, -0.1) is 24.8 Å². The van der Waals surface area contributed by atoms with Gasteiger partial charge in [-0.25, -0.2) is 0 Å². The first kappa shape index (κ1) is 22.0. The van der Waals surface area contributed by atoms with Crippen LogP contribution in [0.25, 0.3) is 0 Å². The van der Waals surface area contributed by atoms with Crippen LogP contribution in [0.4, 0.5) is 0 Å². The van der Waals surface area contributed by atoms with Crippen molar-refractivity contribution in [1.82, 2.24) is 9.80 Å². The number of nitrogens with zero attached hydrogens (tertiary/aromatic N) is 2. The van der Waals surface area contributed by atoms with Crippen molar-refractivity contribution in [3.05, 3.63) is 0 Å². The first-order chi connectivity index (χ1) is 10.7. The molecule has 4 nitrogen and oxygen atoms in total. The van der Waals surface area contributed by atoms with E-state index >= 15 is 0 Å². The number of rotatable bonds is 4. The van der Waals surface area contributed by atoms with E-state index in [-0.39, 0.29) is 30.2 Å². The molecule has 2 N–H and O–H groups in total. The first-order valence-corrected chi connectivity index (χ1v) is 9.44. The molecule has 3 aliphatic rings. The van der Waals surface area contributed by atoms with Gasteiger partial charge in [0.05, 0.1) is 0 Å². The van der Waals surface area contributed by atoms with E-state index < -0.39 is 0 Å². The summed E-state index contributed by atoms with van der Waals surface area (Å²) in [6.07, 6.45) is 12.3. The van der Waals surface area contributed by atoms with E-state index in [0.717, 1.165) is 45.1 Å². The zero-order valence-electron chi connectivity index (χ0n) is 14.9. The van der Waals surface area contributed by atoms with Gasteiger partial charge < -0.3 is 10.6 Å². The van der Waals surface area contributed by atoms with Crippen LogP contribution in [-0.2, 0) is 4.79 Å². The van der Waals surface area contributed by atoms with Gasteiger partial charge in [0.1, 0.15) is 0 Å². The standard InChI is InChI=1S/C18H33N3O.2ClH/c19-15-18(8-4-1-5-9-18)14-17(22)21-12-10-20(11-13-21)16-6-2-3-7-16;;/h16H,1-15,19H2;2*1H. The molecule has 0 aromatic heterocycles. The van der Waals surface area contributed by atoms with E-state index in [1.165, 1.54) is 44.9 Å². The maximum Gasteiger partial charge on any atom is 0.223 e. The maximum atomic E-state index is 12.7. The van der Waals surface area contributed by atoms with Crippen molar-refractivity contribution < 1.29 is 4.79 Å². The molecule has 24 heavy (non-hydrogen) atoms. The predicted molar refractivity (Wildman–Crippen MR) is 104 cm³/mol. The van der Waals surface area contributed by atoms with E-state index in [0.29, 0.717) is 18.9 Å². The highest BCUT2D eigenvalue weighted by atomic mass is 35.5. The van der Waals surface area contributed by atoms with E-state index in [4.69, 9.17) is 5.73 Å². The molecule has 1 saturated heterocycles. The van der Waals surface area contributed by atoms with Gasteiger partial charge in [0, 0.05) is 38.6 Å². The molecule has 0 bridgehead atoms. The second-order valence-corrected chi connectivity index (χ2v) is 7.80. The molecule has 1 amide bonds. The fourth-order valence-electron chi connectivity index (χ4n) is 4.79. The average Bonchev–Trinajstić information content (AvgIpc) is 3.10. The molecule has 142 valence electrons. The smallest absolute Gasteiger partial charge is 0.223 e. The number of carbonyl (C=O) groups is 1. The second-order valence-electron chi connectivity index (χ2n) is 7.80. The number of amides is 1. The third-order valence-electron chi connectivity index (χ3n) is 6.38. The number of hydrogen-bond acceptors (Lipinski definition) is 3. The maximum absolute atomic E-state index is 12.7. The molecule has 1 aliphatic heterocycles. The van der Waals surface area contributed by atoms with Gasteiger partial charge in [-0.1, -0.05) is 32.1 Å². The third kappa shape index (κ3) is 5.23. The highest BCUT2D eigenvalue weighted by Gasteiger charge is 2.35. The van der Waals surface area contributed by atoms with Crippen LogP contribution >= 0.6 is 24.8 Å². The monoisotopic (exact) mass is 379 g/mol. The molecule has 2 saturated carbocycles. The topological polar surface area (TPSA) is 49.6 Å². The summed E-state index contributed by atoms with van der Waals surface area (Å²) in [5, 5.41) is 0. The molecular formula is C18H35Cl2N3O. The van der Waals surface area contributed by atoms with E-state index in [2.05, 4.69) is 9.80 Å². The van der Waals surface area contributed by atoms with Crippen molar-refractivity contribution in [3.8, 4) is 0 Å². The van der Waals surface area contributed by atoms with Crippen LogP contribution in [0, 0.1) is 5.41 Å². The quantitative estimate of drug-likeness (QED) is 0.815. The van der Waals surface area contributed by atoms with Crippen molar-refractivity contribution in [2.75, 3.05) is 32.7 Å². The van der Waals surface area contributed by atoms with Crippen LogP contribution in [0.5, 0.6) is 0 Å². The highest BCUT2D eigenvalue weighted by Crippen LogP contribution is 2.39. The summed E-state index contributed by atoms with van der Waals surface area (Å²) < 4.78 is 0. The van der Waals surface area contributed by atoms with Crippen LogP contribution in [0.15, 0.2) is 0 Å². The Labute approximate surface area is 159 Å². The summed E-state index contributed by atoms with van der Waals surface area (Å²) in [4.78, 5) is 17.4. The van der Waals surface area contributed by atoms with Crippen molar-refractivity contribution in [3.63, 3.8) is 0 Å². The fourth-order valence-corrected chi connectivity index (χ4v) is 4.79. The Balaban J connectivity index is 0.00000144. The molecular weight excluding hydrogens is 345 g/mol. The molecule has 0 atom stereocenters. The van der Waals surface area contributed by atoms with Gasteiger partial charge >= 0.3 is 0 Å². The number of nitrogens with two attached hydrogens (primary N) is 1. The minimum absolute atomic E-state index is 0. The first-order valence-electron chi connectivity index (χ1n) is 9.44. The summed E-state index contributed by atoms with van der Waals surface area (Å²) in [6.45, 7) is 4.69. The predicted octanol–water partition coefficient (Wildman–Crippen LogP) is 3.22.